The van der Waals surface area contributed by atoms with Gasteiger partial charge < -0.3 is 19.7 Å². The van der Waals surface area contributed by atoms with E-state index in [0.29, 0.717) is 11.5 Å². The van der Waals surface area contributed by atoms with E-state index in [9.17, 15) is 9.59 Å². The maximum atomic E-state index is 12.5. The average molecular weight is 417 g/mol. The zero-order chi connectivity index (χ0) is 20.4. The molecule has 3 amide bonds. The van der Waals surface area contributed by atoms with E-state index in [1.807, 2.05) is 23.6 Å². The molecule has 8 heteroatoms. The minimum absolute atomic E-state index is 0.01000. The molecular weight excluding hydrogens is 390 g/mol. The summed E-state index contributed by atoms with van der Waals surface area (Å²) >= 11 is 1.67. The van der Waals surface area contributed by atoms with Crippen LogP contribution in [0.3, 0.4) is 0 Å². The first kappa shape index (κ1) is 19.7. The number of imide groups is 1. The Balaban J connectivity index is 1.58. The first-order valence-corrected chi connectivity index (χ1v) is 10.7. The van der Waals surface area contributed by atoms with Crippen LogP contribution in [-0.2, 0) is 11.2 Å². The van der Waals surface area contributed by atoms with Crippen molar-refractivity contribution in [3.8, 4) is 11.5 Å². The van der Waals surface area contributed by atoms with Crippen molar-refractivity contribution in [2.45, 2.75) is 31.3 Å². The van der Waals surface area contributed by atoms with Crippen molar-refractivity contribution in [2.75, 3.05) is 27.3 Å². The molecule has 0 bridgehead atoms. The van der Waals surface area contributed by atoms with Gasteiger partial charge in [0, 0.05) is 18.0 Å². The van der Waals surface area contributed by atoms with Gasteiger partial charge in [-0.25, -0.2) is 4.79 Å². The highest BCUT2D eigenvalue weighted by Gasteiger charge is 2.36. The molecule has 1 aromatic heterocycles. The molecule has 0 spiro atoms. The number of fused-ring (bicyclic) bond motifs is 1. The largest absolute Gasteiger partial charge is 0.493 e. The summed E-state index contributed by atoms with van der Waals surface area (Å²) < 4.78 is 11.0. The van der Waals surface area contributed by atoms with Gasteiger partial charge in [0.1, 0.15) is 6.04 Å². The number of quaternary nitrogens is 1. The molecule has 1 unspecified atom stereocenters. The second kappa shape index (κ2) is 8.42. The zero-order valence-electron chi connectivity index (χ0n) is 16.6. The van der Waals surface area contributed by atoms with E-state index in [-0.39, 0.29) is 24.5 Å². The van der Waals surface area contributed by atoms with Gasteiger partial charge in [-0.3, -0.25) is 10.1 Å². The molecule has 1 saturated carbocycles. The van der Waals surface area contributed by atoms with Crippen LogP contribution in [0.25, 0.3) is 0 Å². The Bertz CT molecular complexity index is 896. The van der Waals surface area contributed by atoms with E-state index in [4.69, 9.17) is 9.47 Å². The number of thiophene rings is 1. The summed E-state index contributed by atoms with van der Waals surface area (Å²) in [6.07, 6.45) is 2.80. The third-order valence-electron chi connectivity index (χ3n) is 5.46. The van der Waals surface area contributed by atoms with Crippen LogP contribution in [0.4, 0.5) is 4.79 Å². The fourth-order valence-electron chi connectivity index (χ4n) is 3.91. The Hall–Kier alpha value is -2.58. The molecule has 29 heavy (non-hydrogen) atoms. The van der Waals surface area contributed by atoms with Gasteiger partial charge in [-0.1, -0.05) is 6.07 Å². The van der Waals surface area contributed by atoms with Gasteiger partial charge in [-0.2, -0.15) is 0 Å². The average Bonchev–Trinajstić information content (AvgIpc) is 3.35. The summed E-state index contributed by atoms with van der Waals surface area (Å²) in [5.74, 6) is 1.14. The summed E-state index contributed by atoms with van der Waals surface area (Å²) in [6.45, 7) is 1.02. The van der Waals surface area contributed by atoms with Crippen LogP contribution in [0, 0.1) is 0 Å². The smallest absolute Gasteiger partial charge is 0.321 e. The topological polar surface area (TPSA) is 81.1 Å². The Kier molecular flexibility index (Phi) is 5.73. The number of ether oxygens (including phenoxy) is 2. The van der Waals surface area contributed by atoms with Crippen molar-refractivity contribution >= 4 is 23.3 Å². The van der Waals surface area contributed by atoms with Crippen LogP contribution in [0.15, 0.2) is 29.6 Å². The van der Waals surface area contributed by atoms with Crippen LogP contribution in [0.2, 0.25) is 0 Å². The van der Waals surface area contributed by atoms with Crippen molar-refractivity contribution in [2.24, 2.45) is 0 Å². The van der Waals surface area contributed by atoms with E-state index in [1.165, 1.54) is 10.4 Å². The van der Waals surface area contributed by atoms with Gasteiger partial charge in [0.15, 0.2) is 18.0 Å². The van der Waals surface area contributed by atoms with Crippen LogP contribution in [0.1, 0.15) is 34.9 Å². The van der Waals surface area contributed by atoms with Gasteiger partial charge in [0.2, 0.25) is 0 Å². The van der Waals surface area contributed by atoms with E-state index < -0.39 is 6.03 Å². The first-order valence-electron chi connectivity index (χ1n) is 9.82. The normalized spacial score (nSPS) is 20.5. The highest BCUT2D eigenvalue weighted by molar-refractivity contribution is 7.10. The number of urea groups is 1. The molecule has 0 radical (unpaired) electrons. The zero-order valence-corrected chi connectivity index (χ0v) is 17.4. The molecule has 2 heterocycles. The van der Waals surface area contributed by atoms with Gasteiger partial charge in [-0.15, -0.1) is 11.3 Å². The summed E-state index contributed by atoms with van der Waals surface area (Å²) in [5.41, 5.74) is 2.35. The van der Waals surface area contributed by atoms with Gasteiger partial charge in [0.25, 0.3) is 5.91 Å². The second-order valence-electron chi connectivity index (χ2n) is 7.49. The van der Waals surface area contributed by atoms with Crippen molar-refractivity contribution < 1.29 is 24.0 Å². The van der Waals surface area contributed by atoms with Gasteiger partial charge >= 0.3 is 6.03 Å². The predicted octanol–water partition coefficient (Wildman–Crippen LogP) is 1.28. The van der Waals surface area contributed by atoms with Crippen molar-refractivity contribution in [3.05, 3.63) is 45.6 Å². The molecule has 2 atom stereocenters. The van der Waals surface area contributed by atoms with Crippen LogP contribution in [0.5, 0.6) is 11.5 Å². The van der Waals surface area contributed by atoms with E-state index in [0.717, 1.165) is 36.3 Å². The molecule has 1 fully saturated rings. The fourth-order valence-corrected chi connectivity index (χ4v) is 4.81. The molecule has 0 saturated heterocycles. The van der Waals surface area contributed by atoms with Crippen molar-refractivity contribution in [1.82, 2.24) is 10.6 Å². The number of methoxy groups -OCH3 is 2. The number of amides is 3. The Morgan fingerprint density at radius 2 is 1.97 bits per heavy atom. The van der Waals surface area contributed by atoms with E-state index in [1.54, 1.807) is 25.6 Å². The number of hydrogen-bond acceptors (Lipinski definition) is 5. The van der Waals surface area contributed by atoms with Gasteiger partial charge in [-0.05, 0) is 42.0 Å². The molecule has 2 aliphatic rings. The lowest BCUT2D eigenvalue weighted by Crippen LogP contribution is -3.14. The third kappa shape index (κ3) is 4.38. The Labute approximate surface area is 174 Å². The minimum Gasteiger partial charge on any atom is -0.493 e. The lowest BCUT2D eigenvalue weighted by molar-refractivity contribution is -0.919. The highest BCUT2D eigenvalue weighted by atomic mass is 32.1. The number of carbonyl (C=O) groups is 2. The van der Waals surface area contributed by atoms with E-state index >= 15 is 0 Å². The molecule has 1 aromatic carbocycles. The highest BCUT2D eigenvalue weighted by Crippen LogP contribution is 2.36. The second-order valence-corrected chi connectivity index (χ2v) is 8.46. The first-order chi connectivity index (χ1) is 14.1. The Morgan fingerprint density at radius 1 is 1.21 bits per heavy atom. The molecular formula is C21H26N3O4S+. The number of nitrogens with one attached hydrogen (secondary N) is 3. The molecule has 1 aliphatic carbocycles. The van der Waals surface area contributed by atoms with Crippen LogP contribution < -0.4 is 25.0 Å². The molecule has 2 aromatic rings. The van der Waals surface area contributed by atoms with Crippen LogP contribution >= 0.6 is 11.3 Å². The summed E-state index contributed by atoms with van der Waals surface area (Å²) in [6, 6.07) is 8.02. The summed E-state index contributed by atoms with van der Waals surface area (Å²) in [4.78, 5) is 26.8. The Morgan fingerprint density at radius 3 is 2.62 bits per heavy atom. The van der Waals surface area contributed by atoms with Crippen molar-refractivity contribution in [3.63, 3.8) is 0 Å². The maximum absolute atomic E-state index is 12.5. The third-order valence-corrected chi connectivity index (χ3v) is 6.40. The van der Waals surface area contributed by atoms with Crippen LogP contribution in [-0.4, -0.2) is 45.3 Å². The monoisotopic (exact) mass is 416 g/mol. The SMILES string of the molecule is COc1cc2c(cc1OC)[C@@H](c1cccs1)[NH+](CC(=O)NC(=O)NC1CC1)CC2. The summed E-state index contributed by atoms with van der Waals surface area (Å²) in [5, 5.41) is 7.32. The van der Waals surface area contributed by atoms with Gasteiger partial charge in [0.05, 0.1) is 25.6 Å². The number of rotatable bonds is 6. The van der Waals surface area contributed by atoms with E-state index in [2.05, 4.69) is 16.7 Å². The number of benzene rings is 1. The molecule has 4 rings (SSSR count). The number of carbonyl (C=O) groups excluding carboxylic acids is 2. The standard InChI is InChI=1S/C21H25N3O4S/c1-27-16-10-13-7-8-24(12-19(25)23-21(26)22-14-5-6-14)20(18-4-3-9-29-18)15(13)11-17(16)28-2/h3-4,9-11,14,20H,5-8,12H2,1-2H3,(H2,22,23,25,26)/p+1/t20-/m0/s1. The molecule has 1 aliphatic heterocycles. The number of hydrogen-bond donors (Lipinski definition) is 3. The quantitative estimate of drug-likeness (QED) is 0.663. The fraction of sp³-hybridized carbons (Fsp3) is 0.429. The lowest BCUT2D eigenvalue weighted by Gasteiger charge is -2.34. The summed E-state index contributed by atoms with van der Waals surface area (Å²) in [7, 11) is 3.27. The maximum Gasteiger partial charge on any atom is 0.321 e. The minimum atomic E-state index is -0.395. The predicted molar refractivity (Wildman–Crippen MR) is 110 cm³/mol. The molecule has 154 valence electrons. The molecule has 7 nitrogen and oxygen atoms in total. The molecule has 3 N–H and O–H groups in total. The lowest BCUT2D eigenvalue weighted by atomic mass is 9.91. The van der Waals surface area contributed by atoms with Crippen molar-refractivity contribution in [1.29, 1.82) is 0 Å².